The molecule has 0 amide bonds. The lowest BCUT2D eigenvalue weighted by Crippen LogP contribution is -2.33. The highest BCUT2D eigenvalue weighted by atomic mass is 35.5. The van der Waals surface area contributed by atoms with Crippen LogP contribution in [0.1, 0.15) is 46.8 Å². The lowest BCUT2D eigenvalue weighted by Gasteiger charge is -2.31. The Bertz CT molecular complexity index is 967. The Balaban J connectivity index is 1.69. The van der Waals surface area contributed by atoms with Crippen LogP contribution in [0.3, 0.4) is 0 Å². The van der Waals surface area contributed by atoms with Gasteiger partial charge in [0.05, 0.1) is 11.1 Å². The molecule has 4 rings (SSSR count). The van der Waals surface area contributed by atoms with Crippen molar-refractivity contribution in [3.63, 3.8) is 0 Å². The largest absolute Gasteiger partial charge is 0.507 e. The number of aryl methyl sites for hydroxylation is 1. The molecular weight excluding hydrogens is 374 g/mol. The van der Waals surface area contributed by atoms with Gasteiger partial charge >= 0.3 is 0 Å². The Morgan fingerprint density at radius 2 is 2.18 bits per heavy atom. The average Bonchev–Trinajstić information content (AvgIpc) is 2.95. The first-order chi connectivity index (χ1) is 13.4. The number of rotatable bonds is 3. The van der Waals surface area contributed by atoms with Crippen molar-refractivity contribution in [3.05, 3.63) is 63.4 Å². The van der Waals surface area contributed by atoms with Crippen LogP contribution in [0.4, 0.5) is 0 Å². The second-order valence-electron chi connectivity index (χ2n) is 7.87. The highest BCUT2D eigenvalue weighted by molar-refractivity contribution is 6.30. The molecule has 146 valence electrons. The fourth-order valence-corrected chi connectivity index (χ4v) is 4.33. The van der Waals surface area contributed by atoms with E-state index in [2.05, 4.69) is 11.8 Å². The summed E-state index contributed by atoms with van der Waals surface area (Å²) >= 11 is 6.05. The second kappa shape index (κ2) is 7.61. The molecule has 0 aliphatic carbocycles. The molecule has 4 nitrogen and oxygen atoms in total. The van der Waals surface area contributed by atoms with E-state index in [0.29, 0.717) is 34.4 Å². The zero-order valence-electron chi connectivity index (χ0n) is 16.2. The molecule has 0 radical (unpaired) electrons. The number of hydrogen-bond acceptors (Lipinski definition) is 4. The summed E-state index contributed by atoms with van der Waals surface area (Å²) in [4.78, 5) is 15.3. The Morgan fingerprint density at radius 3 is 2.93 bits per heavy atom. The van der Waals surface area contributed by atoms with Gasteiger partial charge in [0.25, 0.3) is 0 Å². The molecule has 2 aliphatic rings. The molecule has 1 N–H and O–H groups in total. The van der Waals surface area contributed by atoms with E-state index in [0.717, 1.165) is 30.6 Å². The van der Waals surface area contributed by atoms with Crippen LogP contribution in [-0.2, 0) is 6.54 Å². The normalized spacial score (nSPS) is 21.0. The molecule has 2 heterocycles. The summed E-state index contributed by atoms with van der Waals surface area (Å²) in [5, 5.41) is 11.2. The number of phenolic OH excluding ortho intramolecular Hbond substituents is 1. The summed E-state index contributed by atoms with van der Waals surface area (Å²) < 4.78 is 6.01. The Labute approximate surface area is 170 Å². The third-order valence-electron chi connectivity index (χ3n) is 5.49. The zero-order chi connectivity index (χ0) is 19.8. The number of piperidine rings is 1. The van der Waals surface area contributed by atoms with Crippen molar-refractivity contribution < 1.29 is 14.6 Å². The smallest absolute Gasteiger partial charge is 0.232 e. The predicted octanol–water partition coefficient (Wildman–Crippen LogP) is 5.20. The summed E-state index contributed by atoms with van der Waals surface area (Å²) in [6, 6.07) is 8.95. The first kappa shape index (κ1) is 19.0. The number of benzene rings is 2. The Morgan fingerprint density at radius 1 is 1.36 bits per heavy atom. The van der Waals surface area contributed by atoms with Crippen molar-refractivity contribution in [1.29, 1.82) is 0 Å². The molecule has 28 heavy (non-hydrogen) atoms. The van der Waals surface area contributed by atoms with Gasteiger partial charge in [0.1, 0.15) is 11.5 Å². The topological polar surface area (TPSA) is 49.8 Å². The number of carbonyl (C=O) groups excluding carboxylic acids is 1. The van der Waals surface area contributed by atoms with Gasteiger partial charge in [0.15, 0.2) is 5.76 Å². The lowest BCUT2D eigenvalue weighted by molar-refractivity contribution is 0.101. The number of aromatic hydroxyl groups is 1. The minimum absolute atomic E-state index is 0.152. The maximum absolute atomic E-state index is 13.0. The zero-order valence-corrected chi connectivity index (χ0v) is 16.9. The molecule has 5 heteroatoms. The van der Waals surface area contributed by atoms with E-state index in [-0.39, 0.29) is 17.3 Å². The third kappa shape index (κ3) is 3.67. The Kier molecular flexibility index (Phi) is 5.17. The number of halogens is 1. The predicted molar refractivity (Wildman–Crippen MR) is 111 cm³/mol. The number of likely N-dealkylation sites (tertiary alicyclic amines) is 1. The van der Waals surface area contributed by atoms with Crippen LogP contribution in [0.15, 0.2) is 36.1 Å². The van der Waals surface area contributed by atoms with Crippen LogP contribution in [0.25, 0.3) is 6.08 Å². The molecule has 0 bridgehead atoms. The van der Waals surface area contributed by atoms with Gasteiger partial charge in [0.2, 0.25) is 5.78 Å². The average molecular weight is 398 g/mol. The van der Waals surface area contributed by atoms with Gasteiger partial charge in [-0.25, -0.2) is 0 Å². The minimum Gasteiger partial charge on any atom is -0.507 e. The molecular formula is C23H24ClNO3. The van der Waals surface area contributed by atoms with Crippen molar-refractivity contribution >= 4 is 23.5 Å². The van der Waals surface area contributed by atoms with Crippen molar-refractivity contribution in [2.45, 2.75) is 33.2 Å². The molecule has 2 aromatic rings. The SMILES string of the molecule is Cc1cc(O)c(CN2CCCC(C)C2)c2c1C(=O)/C(=C\c1cccc(Cl)c1)O2. The fraction of sp³-hybridized carbons (Fsp3) is 0.348. The fourth-order valence-electron chi connectivity index (χ4n) is 4.13. The molecule has 0 aromatic heterocycles. The summed E-state index contributed by atoms with van der Waals surface area (Å²) in [7, 11) is 0. The molecule has 1 saturated heterocycles. The summed E-state index contributed by atoms with van der Waals surface area (Å²) in [6.07, 6.45) is 4.09. The number of ketones is 1. The van der Waals surface area contributed by atoms with Crippen LogP contribution >= 0.6 is 11.6 Å². The summed E-state index contributed by atoms with van der Waals surface area (Å²) in [5.74, 6) is 1.43. The minimum atomic E-state index is -0.152. The molecule has 1 unspecified atom stereocenters. The quantitative estimate of drug-likeness (QED) is 0.723. The first-order valence-electron chi connectivity index (χ1n) is 9.70. The highest BCUT2D eigenvalue weighted by Crippen LogP contribution is 2.42. The first-order valence-corrected chi connectivity index (χ1v) is 10.1. The lowest BCUT2D eigenvalue weighted by atomic mass is 9.97. The van der Waals surface area contributed by atoms with E-state index in [9.17, 15) is 9.90 Å². The van der Waals surface area contributed by atoms with Crippen molar-refractivity contribution in [2.75, 3.05) is 13.1 Å². The van der Waals surface area contributed by atoms with Gasteiger partial charge in [0, 0.05) is 18.1 Å². The number of fused-ring (bicyclic) bond motifs is 1. The van der Waals surface area contributed by atoms with E-state index in [4.69, 9.17) is 16.3 Å². The van der Waals surface area contributed by atoms with E-state index in [1.165, 1.54) is 6.42 Å². The van der Waals surface area contributed by atoms with Gasteiger partial charge in [-0.1, -0.05) is 30.7 Å². The number of ether oxygens (including phenoxy) is 1. The third-order valence-corrected chi connectivity index (χ3v) is 5.73. The van der Waals surface area contributed by atoms with E-state index >= 15 is 0 Å². The maximum Gasteiger partial charge on any atom is 0.232 e. The molecule has 1 atom stereocenters. The number of nitrogens with zero attached hydrogens (tertiary/aromatic N) is 1. The molecule has 1 fully saturated rings. The molecule has 0 saturated carbocycles. The number of Topliss-reactive ketones (excluding diaryl/α,β-unsaturated/α-hetero) is 1. The molecule has 0 spiro atoms. The van der Waals surface area contributed by atoms with Crippen LogP contribution in [0, 0.1) is 12.8 Å². The monoisotopic (exact) mass is 397 g/mol. The van der Waals surface area contributed by atoms with Crippen LogP contribution in [0.2, 0.25) is 5.02 Å². The number of hydrogen-bond donors (Lipinski definition) is 1. The highest BCUT2D eigenvalue weighted by Gasteiger charge is 2.34. The number of allylic oxidation sites excluding steroid dienone is 1. The second-order valence-corrected chi connectivity index (χ2v) is 8.31. The number of carbonyl (C=O) groups is 1. The molecule has 2 aliphatic heterocycles. The van der Waals surface area contributed by atoms with Gasteiger partial charge < -0.3 is 9.84 Å². The van der Waals surface area contributed by atoms with Crippen LogP contribution in [-0.4, -0.2) is 28.9 Å². The van der Waals surface area contributed by atoms with Crippen molar-refractivity contribution in [1.82, 2.24) is 4.90 Å². The van der Waals surface area contributed by atoms with Crippen LogP contribution in [0.5, 0.6) is 11.5 Å². The summed E-state index contributed by atoms with van der Waals surface area (Å²) in [5.41, 5.74) is 2.77. The molecule has 2 aromatic carbocycles. The standard InChI is InChI=1S/C23H24ClNO3/c1-14-5-4-8-25(12-14)13-18-19(26)9-15(2)21-22(27)20(28-23(18)21)11-16-6-3-7-17(24)10-16/h3,6-7,9-11,14,26H,4-5,8,12-13H2,1-2H3/b20-11+. The van der Waals surface area contributed by atoms with Gasteiger partial charge in [-0.3, -0.25) is 9.69 Å². The van der Waals surface area contributed by atoms with Gasteiger partial charge in [-0.2, -0.15) is 0 Å². The maximum atomic E-state index is 13.0. The van der Waals surface area contributed by atoms with Crippen molar-refractivity contribution in [2.24, 2.45) is 5.92 Å². The van der Waals surface area contributed by atoms with E-state index < -0.39 is 0 Å². The number of phenols is 1. The Hall–Kier alpha value is -2.30. The van der Waals surface area contributed by atoms with Gasteiger partial charge in [-0.15, -0.1) is 0 Å². The van der Waals surface area contributed by atoms with E-state index in [1.807, 2.05) is 19.1 Å². The van der Waals surface area contributed by atoms with E-state index in [1.54, 1.807) is 24.3 Å². The van der Waals surface area contributed by atoms with Crippen LogP contribution < -0.4 is 4.74 Å². The summed E-state index contributed by atoms with van der Waals surface area (Å²) in [6.45, 7) is 6.63. The van der Waals surface area contributed by atoms with Crippen molar-refractivity contribution in [3.8, 4) is 11.5 Å². The van der Waals surface area contributed by atoms with Gasteiger partial charge in [-0.05, 0) is 67.6 Å².